The van der Waals surface area contributed by atoms with Crippen molar-refractivity contribution in [2.24, 2.45) is 0 Å². The maximum absolute atomic E-state index is 13.5. The summed E-state index contributed by atoms with van der Waals surface area (Å²) < 4.78 is 35.4. The van der Waals surface area contributed by atoms with Crippen molar-refractivity contribution < 1.29 is 42.6 Å². The Morgan fingerprint density at radius 2 is 2.09 bits per heavy atom. The zero-order valence-corrected chi connectivity index (χ0v) is 20.4. The summed E-state index contributed by atoms with van der Waals surface area (Å²) in [5, 5.41) is 13.0. The molecular weight excluding hydrogens is 479 g/mol. The molecule has 2 N–H and O–H groups in total. The number of hydrogen-bond acceptors (Lipinski definition) is 9. The number of allylic oxidation sites excluding steroid dienone is 1. The van der Waals surface area contributed by atoms with Crippen molar-refractivity contribution in [2.75, 3.05) is 13.2 Å². The molecule has 11 nitrogen and oxygen atoms in total. The number of hydrogen-bond donors (Lipinski definition) is 2. The highest BCUT2D eigenvalue weighted by Crippen LogP contribution is 2.45. The van der Waals surface area contributed by atoms with Crippen LogP contribution >= 0.6 is 7.75 Å². The number of aliphatic hydroxyl groups is 1. The summed E-state index contributed by atoms with van der Waals surface area (Å²) >= 11 is 0. The van der Waals surface area contributed by atoms with Crippen molar-refractivity contribution in [2.45, 2.75) is 51.2 Å². The minimum absolute atomic E-state index is 0.0201. The number of esters is 1. The molecule has 5 atom stereocenters. The summed E-state index contributed by atoms with van der Waals surface area (Å²) in [6.07, 6.45) is -0.213. The molecule has 1 saturated heterocycles. The van der Waals surface area contributed by atoms with E-state index in [0.29, 0.717) is 5.57 Å². The molecule has 0 unspecified atom stereocenters. The number of carbonyl (C=O) groups excluding carboxylic acids is 3. The van der Waals surface area contributed by atoms with Crippen LogP contribution in [-0.2, 0) is 32.9 Å². The Balaban J connectivity index is 1.68. The number of ketones is 1. The van der Waals surface area contributed by atoms with Gasteiger partial charge in [-0.1, -0.05) is 30.9 Å². The lowest BCUT2D eigenvalue weighted by atomic mass is 10.1. The predicted molar refractivity (Wildman–Crippen MR) is 124 cm³/mol. The van der Waals surface area contributed by atoms with Crippen LogP contribution in [0.25, 0.3) is 0 Å². The number of amides is 1. The molecule has 190 valence electrons. The minimum atomic E-state index is -4.15. The predicted octanol–water partition coefficient (Wildman–Crippen LogP) is 2.08. The maximum atomic E-state index is 13.5. The third-order valence-electron chi connectivity index (χ3n) is 5.31. The molecule has 0 bridgehead atoms. The van der Waals surface area contributed by atoms with E-state index < -0.39 is 44.1 Å². The van der Waals surface area contributed by atoms with Crippen LogP contribution in [0.3, 0.4) is 0 Å². The number of Topliss-reactive ketones (excluding diaryl/α,β-unsaturated/α-hetero) is 1. The van der Waals surface area contributed by atoms with Gasteiger partial charge < -0.3 is 19.1 Å². The van der Waals surface area contributed by atoms with Crippen LogP contribution in [0, 0.1) is 0 Å². The summed E-state index contributed by atoms with van der Waals surface area (Å²) in [6, 6.07) is 7.16. The molecule has 2 aliphatic rings. The number of carbonyl (C=O) groups is 3. The largest absolute Gasteiger partial charge is 0.460 e. The average molecular weight is 508 g/mol. The van der Waals surface area contributed by atoms with Crippen LogP contribution in [0.2, 0.25) is 0 Å². The highest BCUT2D eigenvalue weighted by atomic mass is 31.2. The van der Waals surface area contributed by atoms with E-state index in [-0.39, 0.29) is 37.6 Å². The third kappa shape index (κ3) is 7.09. The van der Waals surface area contributed by atoms with Crippen molar-refractivity contribution in [3.05, 3.63) is 54.8 Å². The lowest BCUT2D eigenvalue weighted by Crippen LogP contribution is -2.40. The van der Waals surface area contributed by atoms with Crippen molar-refractivity contribution >= 4 is 25.4 Å². The van der Waals surface area contributed by atoms with E-state index in [0.717, 1.165) is 0 Å². The fourth-order valence-electron chi connectivity index (χ4n) is 3.44. The van der Waals surface area contributed by atoms with Crippen molar-refractivity contribution in [3.63, 3.8) is 0 Å². The Hall–Kier alpha value is -2.82. The van der Waals surface area contributed by atoms with Gasteiger partial charge in [0.05, 0.1) is 19.1 Å². The van der Waals surface area contributed by atoms with E-state index in [1.807, 2.05) is 0 Å². The monoisotopic (exact) mass is 508 g/mol. The average Bonchev–Trinajstić information content (AvgIpc) is 3.19. The molecule has 0 spiro atoms. The summed E-state index contributed by atoms with van der Waals surface area (Å²) in [6.45, 7) is 6.11. The van der Waals surface area contributed by atoms with Gasteiger partial charge in [0.25, 0.3) is 0 Å². The fraction of sp³-hybridized carbons (Fsp3) is 0.435. The molecule has 0 saturated carbocycles. The molecule has 2 heterocycles. The maximum Gasteiger partial charge on any atom is 0.459 e. The second-order valence-electron chi connectivity index (χ2n) is 8.11. The first-order valence-electron chi connectivity index (χ1n) is 11.0. The number of rotatable bonds is 11. The lowest BCUT2D eigenvalue weighted by Gasteiger charge is -2.29. The van der Waals surface area contributed by atoms with Gasteiger partial charge in [-0.05, 0) is 26.0 Å². The molecule has 1 aromatic carbocycles. The third-order valence-corrected chi connectivity index (χ3v) is 6.96. The molecule has 3 rings (SSSR count). The molecule has 0 aliphatic carbocycles. The van der Waals surface area contributed by atoms with Crippen LogP contribution in [-0.4, -0.2) is 65.4 Å². The quantitative estimate of drug-likeness (QED) is 0.198. The van der Waals surface area contributed by atoms with Gasteiger partial charge in [-0.25, -0.2) is 4.57 Å². The van der Waals surface area contributed by atoms with E-state index in [4.69, 9.17) is 18.5 Å². The molecular formula is C23H29N2O9P. The van der Waals surface area contributed by atoms with E-state index in [1.54, 1.807) is 37.3 Å². The SMILES string of the molecule is C=CCOC(=O)[C@H](C)N[P@](=O)(OC[C@@H]1O[C@H](N2C=C(C)C(=O)CC2=O)C[C@H]1O)Oc1ccccc1. The summed E-state index contributed by atoms with van der Waals surface area (Å²) in [4.78, 5) is 37.4. The van der Waals surface area contributed by atoms with Crippen LogP contribution < -0.4 is 9.61 Å². The zero-order valence-electron chi connectivity index (χ0n) is 19.5. The fourth-order valence-corrected chi connectivity index (χ4v) is 4.94. The van der Waals surface area contributed by atoms with Crippen LogP contribution in [0.5, 0.6) is 5.75 Å². The van der Waals surface area contributed by atoms with E-state index in [2.05, 4.69) is 11.7 Å². The van der Waals surface area contributed by atoms with Gasteiger partial charge in [0, 0.05) is 18.2 Å². The molecule has 0 aromatic heterocycles. The number of para-hydroxylation sites is 1. The lowest BCUT2D eigenvalue weighted by molar-refractivity contribution is -0.144. The molecule has 1 amide bonds. The summed E-state index contributed by atoms with van der Waals surface area (Å²) in [5.41, 5.74) is 0.407. The van der Waals surface area contributed by atoms with Crippen LogP contribution in [0.15, 0.2) is 54.8 Å². The highest BCUT2D eigenvalue weighted by molar-refractivity contribution is 7.52. The van der Waals surface area contributed by atoms with Crippen molar-refractivity contribution in [3.8, 4) is 5.75 Å². The first-order valence-corrected chi connectivity index (χ1v) is 12.6. The molecule has 12 heteroatoms. The van der Waals surface area contributed by atoms with E-state index in [9.17, 15) is 24.1 Å². The number of benzene rings is 1. The number of aliphatic hydroxyl groups excluding tert-OH is 1. The summed E-state index contributed by atoms with van der Waals surface area (Å²) in [5.74, 6) is -1.17. The van der Waals surface area contributed by atoms with Gasteiger partial charge in [0.15, 0.2) is 5.78 Å². The zero-order chi connectivity index (χ0) is 25.6. The first-order chi connectivity index (χ1) is 16.6. The molecule has 0 radical (unpaired) electrons. The standard InChI is InChI=1S/C23H29N2O9P/c1-4-10-31-23(29)16(3)24-35(30,34-17-8-6-5-7-9-17)32-14-20-19(27)12-22(33-20)25-13-15(2)18(26)11-21(25)28/h4-9,13,16,19-20,22,27H,1,10-12,14H2,2-3H3,(H,24,30)/t16-,19+,20-,22-,35-/m0/s1. The molecule has 35 heavy (non-hydrogen) atoms. The Morgan fingerprint density at radius 1 is 1.37 bits per heavy atom. The number of nitrogens with zero attached hydrogens (tertiary/aromatic N) is 1. The van der Waals surface area contributed by atoms with Gasteiger partial charge in [-0.3, -0.25) is 23.8 Å². The van der Waals surface area contributed by atoms with Gasteiger partial charge >= 0.3 is 13.7 Å². The molecule has 1 aromatic rings. The summed E-state index contributed by atoms with van der Waals surface area (Å²) in [7, 11) is -4.15. The van der Waals surface area contributed by atoms with Crippen LogP contribution in [0.1, 0.15) is 26.7 Å². The van der Waals surface area contributed by atoms with Gasteiger partial charge in [-0.15, -0.1) is 0 Å². The Kier molecular flexibility index (Phi) is 8.98. The van der Waals surface area contributed by atoms with E-state index >= 15 is 0 Å². The topological polar surface area (TPSA) is 141 Å². The minimum Gasteiger partial charge on any atom is -0.460 e. The number of ether oxygens (including phenoxy) is 2. The van der Waals surface area contributed by atoms with Crippen LogP contribution in [0.4, 0.5) is 0 Å². The van der Waals surface area contributed by atoms with Gasteiger partial charge in [-0.2, -0.15) is 5.09 Å². The second kappa shape index (κ2) is 11.7. The Morgan fingerprint density at radius 3 is 2.77 bits per heavy atom. The molecule has 1 fully saturated rings. The van der Waals surface area contributed by atoms with Crippen molar-refractivity contribution in [1.29, 1.82) is 0 Å². The van der Waals surface area contributed by atoms with Gasteiger partial charge in [0.2, 0.25) is 5.91 Å². The van der Waals surface area contributed by atoms with E-state index in [1.165, 1.54) is 24.1 Å². The van der Waals surface area contributed by atoms with Crippen molar-refractivity contribution in [1.82, 2.24) is 9.99 Å². The highest BCUT2D eigenvalue weighted by Gasteiger charge is 2.42. The first kappa shape index (κ1) is 26.8. The molecule has 2 aliphatic heterocycles. The normalized spacial score (nSPS) is 24.9. The smallest absolute Gasteiger partial charge is 0.459 e. The number of nitrogens with one attached hydrogen (secondary N) is 1. The Labute approximate surface area is 203 Å². The Bertz CT molecular complexity index is 1030. The second-order valence-corrected chi connectivity index (χ2v) is 9.81. The van der Waals surface area contributed by atoms with Gasteiger partial charge in [0.1, 0.15) is 30.7 Å².